The SMILES string of the molecule is CC(C)(C)C1CC(C=[N+]2CCCC2)=C(c2ccccc2)/C(=C/N2CCCC2)C1. The van der Waals surface area contributed by atoms with E-state index < -0.39 is 0 Å². The third-order valence-electron chi connectivity index (χ3n) is 6.82. The first kappa shape index (κ1) is 19.5. The molecular weight excluding hydrogens is 340 g/mol. The van der Waals surface area contributed by atoms with Gasteiger partial charge < -0.3 is 4.90 Å². The Balaban J connectivity index is 1.83. The van der Waals surface area contributed by atoms with Crippen molar-refractivity contribution >= 4 is 11.8 Å². The summed E-state index contributed by atoms with van der Waals surface area (Å²) in [5.41, 5.74) is 6.36. The van der Waals surface area contributed by atoms with Gasteiger partial charge in [-0.2, -0.15) is 0 Å². The smallest absolute Gasteiger partial charge is 0.167 e. The van der Waals surface area contributed by atoms with Crippen molar-refractivity contribution in [3.05, 3.63) is 53.2 Å². The molecule has 0 bridgehead atoms. The summed E-state index contributed by atoms with van der Waals surface area (Å²) < 4.78 is 2.57. The Morgan fingerprint density at radius 1 is 0.929 bits per heavy atom. The number of rotatable bonds is 3. The Morgan fingerprint density at radius 3 is 2.25 bits per heavy atom. The van der Waals surface area contributed by atoms with Gasteiger partial charge in [0.15, 0.2) is 6.21 Å². The Hall–Kier alpha value is -1.83. The Bertz CT molecular complexity index is 762. The van der Waals surface area contributed by atoms with E-state index >= 15 is 0 Å². The molecule has 28 heavy (non-hydrogen) atoms. The van der Waals surface area contributed by atoms with E-state index in [-0.39, 0.29) is 0 Å². The highest BCUT2D eigenvalue weighted by Gasteiger charge is 2.34. The molecule has 2 saturated heterocycles. The van der Waals surface area contributed by atoms with Gasteiger partial charge >= 0.3 is 0 Å². The van der Waals surface area contributed by atoms with Crippen LogP contribution in [0.2, 0.25) is 0 Å². The molecule has 150 valence electrons. The maximum Gasteiger partial charge on any atom is 0.167 e. The lowest BCUT2D eigenvalue weighted by Crippen LogP contribution is -2.27. The number of benzene rings is 1. The number of likely N-dealkylation sites (tertiary alicyclic amines) is 1. The number of hydrogen-bond acceptors (Lipinski definition) is 1. The van der Waals surface area contributed by atoms with Gasteiger partial charge in [-0.05, 0) is 53.7 Å². The van der Waals surface area contributed by atoms with E-state index in [9.17, 15) is 0 Å². The van der Waals surface area contributed by atoms with Crippen molar-refractivity contribution in [2.24, 2.45) is 11.3 Å². The van der Waals surface area contributed by atoms with E-state index in [0.717, 1.165) is 0 Å². The fourth-order valence-electron chi connectivity index (χ4n) is 5.02. The van der Waals surface area contributed by atoms with E-state index in [1.54, 1.807) is 11.1 Å². The summed E-state index contributed by atoms with van der Waals surface area (Å²) in [4.78, 5) is 2.57. The van der Waals surface area contributed by atoms with Crippen LogP contribution >= 0.6 is 0 Å². The summed E-state index contributed by atoms with van der Waals surface area (Å²) in [6.45, 7) is 12.1. The van der Waals surface area contributed by atoms with Gasteiger partial charge in [0.1, 0.15) is 13.1 Å². The van der Waals surface area contributed by atoms with Crippen LogP contribution in [0.15, 0.2) is 47.7 Å². The second-order valence-electron chi connectivity index (χ2n) is 10.0. The van der Waals surface area contributed by atoms with Crippen LogP contribution in [-0.4, -0.2) is 41.9 Å². The molecule has 2 aliphatic heterocycles. The first-order valence-electron chi connectivity index (χ1n) is 11.3. The van der Waals surface area contributed by atoms with Crippen molar-refractivity contribution in [1.82, 2.24) is 4.90 Å². The molecule has 2 heteroatoms. The van der Waals surface area contributed by atoms with Gasteiger partial charge in [0.25, 0.3) is 0 Å². The average molecular weight is 378 g/mol. The monoisotopic (exact) mass is 377 g/mol. The fourth-order valence-corrected chi connectivity index (χ4v) is 5.02. The minimum Gasteiger partial charge on any atom is -0.377 e. The summed E-state index contributed by atoms with van der Waals surface area (Å²) in [5.74, 6) is 0.697. The molecule has 2 heterocycles. The molecule has 0 spiro atoms. The molecule has 2 nitrogen and oxygen atoms in total. The molecule has 0 radical (unpaired) electrons. The summed E-state index contributed by atoms with van der Waals surface area (Å²) in [6, 6.07) is 11.1. The molecule has 1 aliphatic carbocycles. The highest BCUT2D eigenvalue weighted by molar-refractivity contribution is 5.95. The van der Waals surface area contributed by atoms with Gasteiger partial charge in [0.05, 0.1) is 0 Å². The van der Waals surface area contributed by atoms with Gasteiger partial charge in [-0.15, -0.1) is 0 Å². The molecule has 0 amide bonds. The van der Waals surface area contributed by atoms with E-state index in [2.05, 4.69) is 73.0 Å². The lowest BCUT2D eigenvalue weighted by atomic mass is 9.68. The van der Waals surface area contributed by atoms with Crippen molar-refractivity contribution in [3.8, 4) is 0 Å². The van der Waals surface area contributed by atoms with Crippen LogP contribution in [-0.2, 0) is 0 Å². The molecule has 0 saturated carbocycles. The van der Waals surface area contributed by atoms with E-state index in [0.29, 0.717) is 11.3 Å². The average Bonchev–Trinajstić information content (AvgIpc) is 3.36. The van der Waals surface area contributed by atoms with Crippen LogP contribution in [0, 0.1) is 11.3 Å². The quantitative estimate of drug-likeness (QED) is 0.608. The molecule has 1 aromatic carbocycles. The van der Waals surface area contributed by atoms with Gasteiger partial charge in [-0.1, -0.05) is 51.1 Å². The number of allylic oxidation sites excluding steroid dienone is 3. The first-order valence-corrected chi connectivity index (χ1v) is 11.3. The van der Waals surface area contributed by atoms with Crippen LogP contribution in [0.25, 0.3) is 5.57 Å². The second-order valence-corrected chi connectivity index (χ2v) is 10.0. The Morgan fingerprint density at radius 2 is 1.61 bits per heavy atom. The molecule has 1 aromatic rings. The third kappa shape index (κ3) is 4.42. The Kier molecular flexibility index (Phi) is 5.75. The molecule has 0 N–H and O–H groups in total. The maximum absolute atomic E-state index is 2.57. The summed E-state index contributed by atoms with van der Waals surface area (Å²) in [6.07, 6.45) is 12.8. The summed E-state index contributed by atoms with van der Waals surface area (Å²) in [7, 11) is 0. The molecule has 4 rings (SSSR count). The summed E-state index contributed by atoms with van der Waals surface area (Å²) in [5, 5.41) is 0. The predicted molar refractivity (Wildman–Crippen MR) is 120 cm³/mol. The van der Waals surface area contributed by atoms with Gasteiger partial charge in [-0.3, -0.25) is 0 Å². The molecule has 1 unspecified atom stereocenters. The highest BCUT2D eigenvalue weighted by Crippen LogP contribution is 2.45. The van der Waals surface area contributed by atoms with Crippen molar-refractivity contribution in [2.75, 3.05) is 26.2 Å². The van der Waals surface area contributed by atoms with Gasteiger partial charge in [0, 0.05) is 37.7 Å². The zero-order chi connectivity index (χ0) is 19.6. The van der Waals surface area contributed by atoms with Crippen molar-refractivity contribution in [3.63, 3.8) is 0 Å². The minimum absolute atomic E-state index is 0.330. The standard InChI is InChI=1S/C26H37N2/c1-26(2,3)24-17-22(19-27-13-7-8-14-27)25(21-11-5-4-6-12-21)23(18-24)20-28-15-9-10-16-28/h4-6,11-12,19-20,24H,7-10,13-18H2,1-3H3/q+1. The maximum atomic E-state index is 2.57. The minimum atomic E-state index is 0.330. The van der Waals surface area contributed by atoms with Gasteiger partial charge in [-0.25, -0.2) is 4.58 Å². The van der Waals surface area contributed by atoms with Crippen LogP contribution in [0.3, 0.4) is 0 Å². The highest BCUT2D eigenvalue weighted by atomic mass is 15.1. The van der Waals surface area contributed by atoms with Crippen molar-refractivity contribution in [1.29, 1.82) is 0 Å². The van der Waals surface area contributed by atoms with Crippen molar-refractivity contribution in [2.45, 2.75) is 59.3 Å². The lowest BCUT2D eigenvalue weighted by Gasteiger charge is -2.37. The van der Waals surface area contributed by atoms with E-state index in [1.165, 1.54) is 75.8 Å². The molecule has 1 atom stereocenters. The lowest BCUT2D eigenvalue weighted by molar-refractivity contribution is -0.501. The molecule has 3 aliphatic rings. The van der Waals surface area contributed by atoms with E-state index in [1.807, 2.05) is 0 Å². The second kappa shape index (κ2) is 8.27. The molecular formula is C26H37N2+. The van der Waals surface area contributed by atoms with E-state index in [4.69, 9.17) is 0 Å². The Labute approximate surface area is 171 Å². The van der Waals surface area contributed by atoms with Crippen LogP contribution in [0.5, 0.6) is 0 Å². The van der Waals surface area contributed by atoms with Crippen LogP contribution in [0.1, 0.15) is 64.9 Å². The number of hydrogen-bond donors (Lipinski definition) is 0. The van der Waals surface area contributed by atoms with Crippen molar-refractivity contribution < 1.29 is 4.58 Å². The van der Waals surface area contributed by atoms with Crippen LogP contribution in [0.4, 0.5) is 0 Å². The third-order valence-corrected chi connectivity index (χ3v) is 6.82. The normalized spacial score (nSPS) is 25.1. The van der Waals surface area contributed by atoms with Crippen LogP contribution < -0.4 is 0 Å². The zero-order valence-electron chi connectivity index (χ0n) is 18.1. The predicted octanol–water partition coefficient (Wildman–Crippen LogP) is 5.75. The first-order chi connectivity index (χ1) is 13.5. The summed E-state index contributed by atoms with van der Waals surface area (Å²) >= 11 is 0. The topological polar surface area (TPSA) is 6.25 Å². The van der Waals surface area contributed by atoms with Gasteiger partial charge in [0.2, 0.25) is 0 Å². The molecule has 0 aromatic heterocycles. The molecule has 2 fully saturated rings. The zero-order valence-corrected chi connectivity index (χ0v) is 18.1. The largest absolute Gasteiger partial charge is 0.377 e. The fraction of sp³-hybridized carbons (Fsp3) is 0.577. The number of nitrogens with zero attached hydrogens (tertiary/aromatic N) is 2.